The first-order valence-corrected chi connectivity index (χ1v) is 6.36. The van der Waals surface area contributed by atoms with Crippen LogP contribution in [0.3, 0.4) is 0 Å². The fourth-order valence-corrected chi connectivity index (χ4v) is 1.55. The Balaban J connectivity index is 3.14. The highest BCUT2D eigenvalue weighted by Crippen LogP contribution is 2.13. The van der Waals surface area contributed by atoms with Gasteiger partial charge in [-0.15, -0.1) is 0 Å². The lowest BCUT2D eigenvalue weighted by Gasteiger charge is -2.07. The van der Waals surface area contributed by atoms with Gasteiger partial charge in [-0.1, -0.05) is 46.0 Å². The standard InChI is InChI=1S/C13H26O2/c1-4-12(3)10-8-6-7-9-11-13(14)15-5-2/h12H,4-11H2,1-3H3. The van der Waals surface area contributed by atoms with Gasteiger partial charge >= 0.3 is 5.97 Å². The molecule has 0 aliphatic carbocycles. The van der Waals surface area contributed by atoms with Crippen LogP contribution >= 0.6 is 0 Å². The number of carbonyl (C=O) groups excluding carboxylic acids is 1. The Morgan fingerprint density at radius 3 is 2.40 bits per heavy atom. The summed E-state index contributed by atoms with van der Waals surface area (Å²) in [5.74, 6) is 0.814. The van der Waals surface area contributed by atoms with Crippen molar-refractivity contribution in [3.63, 3.8) is 0 Å². The van der Waals surface area contributed by atoms with E-state index >= 15 is 0 Å². The molecule has 0 radical (unpaired) electrons. The summed E-state index contributed by atoms with van der Waals surface area (Å²) in [6, 6.07) is 0. The van der Waals surface area contributed by atoms with Gasteiger partial charge in [-0.2, -0.15) is 0 Å². The molecule has 0 fully saturated rings. The third kappa shape index (κ3) is 9.77. The van der Waals surface area contributed by atoms with Crippen molar-refractivity contribution in [2.75, 3.05) is 6.61 Å². The number of hydrogen-bond acceptors (Lipinski definition) is 2. The molecule has 0 aromatic rings. The SMILES string of the molecule is CCOC(=O)CCCCCCC(C)CC. The largest absolute Gasteiger partial charge is 0.466 e. The highest BCUT2D eigenvalue weighted by atomic mass is 16.5. The van der Waals surface area contributed by atoms with Crippen LogP contribution in [0.4, 0.5) is 0 Å². The van der Waals surface area contributed by atoms with Crippen LogP contribution in [0.25, 0.3) is 0 Å². The van der Waals surface area contributed by atoms with E-state index in [0.29, 0.717) is 13.0 Å². The van der Waals surface area contributed by atoms with Crippen molar-refractivity contribution < 1.29 is 9.53 Å². The number of hydrogen-bond donors (Lipinski definition) is 0. The molecule has 0 rings (SSSR count). The van der Waals surface area contributed by atoms with E-state index in [1.807, 2.05) is 6.92 Å². The number of carbonyl (C=O) groups is 1. The van der Waals surface area contributed by atoms with E-state index in [1.54, 1.807) is 0 Å². The van der Waals surface area contributed by atoms with Crippen molar-refractivity contribution in [1.29, 1.82) is 0 Å². The Bertz CT molecular complexity index is 155. The molecule has 0 saturated heterocycles. The van der Waals surface area contributed by atoms with E-state index in [0.717, 1.165) is 18.8 Å². The average Bonchev–Trinajstić information content (AvgIpc) is 2.23. The highest BCUT2D eigenvalue weighted by Gasteiger charge is 2.01. The first-order chi connectivity index (χ1) is 7.20. The molecule has 0 N–H and O–H groups in total. The molecule has 1 unspecified atom stereocenters. The molecule has 0 saturated carbocycles. The maximum absolute atomic E-state index is 11.0. The van der Waals surface area contributed by atoms with Crippen LogP contribution in [0.5, 0.6) is 0 Å². The van der Waals surface area contributed by atoms with Gasteiger partial charge in [-0.25, -0.2) is 0 Å². The molecule has 0 aromatic carbocycles. The Labute approximate surface area is 94.4 Å². The second-order valence-electron chi connectivity index (χ2n) is 4.27. The molecular weight excluding hydrogens is 188 g/mol. The third-order valence-electron chi connectivity index (χ3n) is 2.83. The van der Waals surface area contributed by atoms with Gasteiger partial charge in [0.1, 0.15) is 0 Å². The summed E-state index contributed by atoms with van der Waals surface area (Å²) in [5, 5.41) is 0. The van der Waals surface area contributed by atoms with E-state index in [2.05, 4.69) is 13.8 Å². The molecule has 0 aliphatic rings. The minimum Gasteiger partial charge on any atom is -0.466 e. The molecule has 2 nitrogen and oxygen atoms in total. The van der Waals surface area contributed by atoms with Crippen LogP contribution in [0, 0.1) is 5.92 Å². The number of rotatable bonds is 9. The summed E-state index contributed by atoms with van der Waals surface area (Å²) in [4.78, 5) is 11.0. The van der Waals surface area contributed by atoms with Gasteiger partial charge in [0.25, 0.3) is 0 Å². The maximum Gasteiger partial charge on any atom is 0.305 e. The van der Waals surface area contributed by atoms with Crippen molar-refractivity contribution in [2.24, 2.45) is 5.92 Å². The zero-order valence-corrected chi connectivity index (χ0v) is 10.6. The fraction of sp³-hybridized carbons (Fsp3) is 0.923. The lowest BCUT2D eigenvalue weighted by atomic mass is 10.0. The smallest absolute Gasteiger partial charge is 0.305 e. The highest BCUT2D eigenvalue weighted by molar-refractivity contribution is 5.69. The minimum atomic E-state index is -0.0422. The van der Waals surface area contributed by atoms with Gasteiger partial charge in [0.15, 0.2) is 0 Å². The van der Waals surface area contributed by atoms with Gasteiger partial charge in [-0.3, -0.25) is 4.79 Å². The van der Waals surface area contributed by atoms with Crippen molar-refractivity contribution in [3.8, 4) is 0 Å². The zero-order valence-electron chi connectivity index (χ0n) is 10.6. The molecule has 90 valence electrons. The average molecular weight is 214 g/mol. The molecule has 0 aromatic heterocycles. The number of esters is 1. The summed E-state index contributed by atoms with van der Waals surface area (Å²) >= 11 is 0. The first kappa shape index (κ1) is 14.5. The lowest BCUT2D eigenvalue weighted by Crippen LogP contribution is -2.03. The van der Waals surface area contributed by atoms with Crippen LogP contribution < -0.4 is 0 Å². The predicted octanol–water partition coefficient (Wildman–Crippen LogP) is 3.94. The zero-order chi connectivity index (χ0) is 11.5. The molecule has 0 spiro atoms. The topological polar surface area (TPSA) is 26.3 Å². The van der Waals surface area contributed by atoms with Gasteiger partial charge in [0.2, 0.25) is 0 Å². The predicted molar refractivity (Wildman–Crippen MR) is 63.8 cm³/mol. The molecular formula is C13H26O2. The monoisotopic (exact) mass is 214 g/mol. The van der Waals surface area contributed by atoms with E-state index in [-0.39, 0.29) is 5.97 Å². The van der Waals surface area contributed by atoms with Crippen LogP contribution in [-0.4, -0.2) is 12.6 Å². The summed E-state index contributed by atoms with van der Waals surface area (Å²) in [6.07, 6.45) is 7.91. The second-order valence-corrected chi connectivity index (χ2v) is 4.27. The maximum atomic E-state index is 11.0. The van der Waals surface area contributed by atoms with Crippen LogP contribution in [0.1, 0.15) is 65.7 Å². The molecule has 15 heavy (non-hydrogen) atoms. The van der Waals surface area contributed by atoms with Crippen molar-refractivity contribution in [3.05, 3.63) is 0 Å². The summed E-state index contributed by atoms with van der Waals surface area (Å²) in [6.45, 7) is 6.90. The summed E-state index contributed by atoms with van der Waals surface area (Å²) in [7, 11) is 0. The molecule has 1 atom stereocenters. The summed E-state index contributed by atoms with van der Waals surface area (Å²) in [5.41, 5.74) is 0. The Hall–Kier alpha value is -0.530. The molecule has 0 bridgehead atoms. The first-order valence-electron chi connectivity index (χ1n) is 6.36. The van der Waals surface area contributed by atoms with Gasteiger partial charge in [0.05, 0.1) is 6.61 Å². The number of ether oxygens (including phenoxy) is 1. The second kappa shape index (κ2) is 10.0. The number of unbranched alkanes of at least 4 members (excludes halogenated alkanes) is 3. The Kier molecular flexibility index (Phi) is 9.65. The Morgan fingerprint density at radius 1 is 1.13 bits per heavy atom. The molecule has 0 heterocycles. The minimum absolute atomic E-state index is 0.0422. The normalized spacial score (nSPS) is 12.5. The molecule has 0 aliphatic heterocycles. The van der Waals surface area contributed by atoms with E-state index in [9.17, 15) is 4.79 Å². The van der Waals surface area contributed by atoms with Gasteiger partial charge in [-0.05, 0) is 19.3 Å². The van der Waals surface area contributed by atoms with E-state index < -0.39 is 0 Å². The quantitative estimate of drug-likeness (QED) is 0.429. The fourth-order valence-electron chi connectivity index (χ4n) is 1.55. The third-order valence-corrected chi connectivity index (χ3v) is 2.83. The van der Waals surface area contributed by atoms with Crippen molar-refractivity contribution in [1.82, 2.24) is 0 Å². The molecule has 2 heteroatoms. The van der Waals surface area contributed by atoms with E-state index in [1.165, 1.54) is 25.7 Å². The van der Waals surface area contributed by atoms with Gasteiger partial charge < -0.3 is 4.74 Å². The van der Waals surface area contributed by atoms with Crippen molar-refractivity contribution in [2.45, 2.75) is 65.7 Å². The van der Waals surface area contributed by atoms with Crippen LogP contribution in [-0.2, 0) is 9.53 Å². The van der Waals surface area contributed by atoms with Crippen molar-refractivity contribution >= 4 is 5.97 Å². The molecule has 0 amide bonds. The van der Waals surface area contributed by atoms with Gasteiger partial charge in [0, 0.05) is 6.42 Å². The summed E-state index contributed by atoms with van der Waals surface area (Å²) < 4.78 is 4.87. The lowest BCUT2D eigenvalue weighted by molar-refractivity contribution is -0.143. The Morgan fingerprint density at radius 2 is 1.80 bits per heavy atom. The van der Waals surface area contributed by atoms with Crippen LogP contribution in [0.15, 0.2) is 0 Å². The van der Waals surface area contributed by atoms with Crippen LogP contribution in [0.2, 0.25) is 0 Å². The van der Waals surface area contributed by atoms with E-state index in [4.69, 9.17) is 4.74 Å².